The van der Waals surface area contributed by atoms with Crippen LogP contribution in [0.25, 0.3) is 11.3 Å². The summed E-state index contributed by atoms with van der Waals surface area (Å²) >= 11 is 0. The molecule has 3 aliphatic carbocycles. The molecule has 6 aromatic heterocycles. The third-order valence-corrected chi connectivity index (χ3v) is 18.6. The van der Waals surface area contributed by atoms with E-state index in [0.29, 0.717) is 113 Å². The molecule has 13 N–H and O–H groups in total. The van der Waals surface area contributed by atoms with Crippen molar-refractivity contribution >= 4 is 99.9 Å². The van der Waals surface area contributed by atoms with Crippen LogP contribution in [-0.2, 0) is 83.6 Å². The van der Waals surface area contributed by atoms with Gasteiger partial charge in [0, 0.05) is 71.5 Å². The fourth-order valence-electron chi connectivity index (χ4n) is 11.1. The molecule has 2 amide bonds. The maximum Gasteiger partial charge on any atom is 0.415 e. The number of carbonyl (C=O) groups excluding carboxylic acids is 7. The second-order valence-corrected chi connectivity index (χ2v) is 30.3. The average Bonchev–Trinajstić information content (AvgIpc) is 1.63. The van der Waals surface area contributed by atoms with Crippen molar-refractivity contribution in [3.63, 3.8) is 0 Å². The summed E-state index contributed by atoms with van der Waals surface area (Å²) in [5, 5.41) is 66.6. The Morgan fingerprint density at radius 1 is 0.496 bits per heavy atom. The van der Waals surface area contributed by atoms with Crippen molar-refractivity contribution in [1.29, 1.82) is 0 Å². The van der Waals surface area contributed by atoms with E-state index < -0.39 is 40.9 Å². The van der Waals surface area contributed by atoms with Gasteiger partial charge in [-0.15, -0.1) is 0 Å². The van der Waals surface area contributed by atoms with Gasteiger partial charge >= 0.3 is 54.0 Å². The molecule has 0 saturated heterocycles. The lowest BCUT2D eigenvalue weighted by atomic mass is 10.1. The molecule has 0 radical (unpaired) electrons. The number of carboxylic acids is 2. The summed E-state index contributed by atoms with van der Waals surface area (Å²) < 4.78 is 47.2. The summed E-state index contributed by atoms with van der Waals surface area (Å²) in [7, 11) is 8.85. The van der Waals surface area contributed by atoms with Crippen molar-refractivity contribution in [1.82, 2.24) is 44.5 Å². The number of benzene rings is 4. The number of anilines is 6. The Labute approximate surface area is 747 Å². The lowest BCUT2D eigenvalue weighted by Crippen LogP contribution is -2.35. The topological polar surface area (TPSA) is 527 Å². The Morgan fingerprint density at radius 2 is 0.891 bits per heavy atom. The van der Waals surface area contributed by atoms with Crippen LogP contribution >= 0.6 is 0 Å². The number of amides is 2. The van der Waals surface area contributed by atoms with Gasteiger partial charge in [0.15, 0.2) is 11.3 Å². The van der Waals surface area contributed by atoms with Crippen LogP contribution in [0, 0.1) is 0 Å². The van der Waals surface area contributed by atoms with Crippen LogP contribution < -0.4 is 47.1 Å². The number of aromatic carboxylic acids is 2. The smallest absolute Gasteiger partial charge is 0.415 e. The summed E-state index contributed by atoms with van der Waals surface area (Å²) in [6, 6.07) is 48.4. The number of esters is 5. The minimum Gasteiger partial charge on any atom is -0.480 e. The number of pyridine rings is 2. The van der Waals surface area contributed by atoms with Gasteiger partial charge in [-0.25, -0.2) is 39.1 Å². The van der Waals surface area contributed by atoms with Gasteiger partial charge in [-0.3, -0.25) is 28.9 Å². The molecule has 38 nitrogen and oxygen atoms in total. The van der Waals surface area contributed by atoms with Crippen LogP contribution in [-0.4, -0.2) is 203 Å². The SMILES string of the molecule is CC(=O)OCc1ccccc1.CNc1cc(Nc2cccnc2OC)nc2c(C(=O)O)cnn12.COC(=O)CCN.COC(=O)CCNC(=O)OCc1ccccc1.COc1ncccc1Nc1cc(N(C)C(=O)OC(C)(C)C)n2ncc(C(=O)O)c2n1.NCCC1(O)CC1.O=C(CCCC1(O)CC1)OCc1ccccc1.O=C(CCCC1(O)CC1)OCc1ccccc1. The zero-order chi connectivity index (χ0) is 94.4. The number of fused-ring (bicyclic) bond motifs is 2. The fourth-order valence-corrected chi connectivity index (χ4v) is 11.1. The lowest BCUT2D eigenvalue weighted by molar-refractivity contribution is -0.146. The quantitative estimate of drug-likeness (QED) is 0.0134. The number of carboxylic acid groups (broad SMARTS) is 2. The van der Waals surface area contributed by atoms with E-state index in [2.05, 4.69) is 60.9 Å². The molecule has 3 saturated carbocycles. The molecular weight excluding hydrogens is 1670 g/mol. The summed E-state index contributed by atoms with van der Waals surface area (Å²) in [5.41, 5.74) is 13.5. The summed E-state index contributed by atoms with van der Waals surface area (Å²) in [6.07, 6.45) is 14.8. The van der Waals surface area contributed by atoms with Crippen LogP contribution in [0.3, 0.4) is 0 Å². The average molecular weight is 1790 g/mol. The van der Waals surface area contributed by atoms with E-state index in [9.17, 15) is 63.6 Å². The number of nitrogens with one attached hydrogen (secondary N) is 4. The van der Waals surface area contributed by atoms with Crippen molar-refractivity contribution in [2.45, 2.75) is 173 Å². The van der Waals surface area contributed by atoms with Crippen LogP contribution in [0.5, 0.6) is 11.8 Å². The third kappa shape index (κ3) is 39.2. The molecule has 10 aromatic rings. The van der Waals surface area contributed by atoms with Gasteiger partial charge in [0.1, 0.15) is 77.8 Å². The largest absolute Gasteiger partial charge is 0.480 e. The molecule has 6 heterocycles. The second kappa shape index (κ2) is 53.5. The number of methoxy groups -OCH3 is 4. The monoisotopic (exact) mass is 1790 g/mol. The van der Waals surface area contributed by atoms with E-state index in [1.165, 1.54) is 68.7 Å². The molecule has 129 heavy (non-hydrogen) atoms. The zero-order valence-electron chi connectivity index (χ0n) is 74.1. The molecular formula is C91H117N15O23. The molecule has 38 heteroatoms. The first-order chi connectivity index (χ1) is 61.7. The fraction of sp³-hybridized carbons (Fsp3) is 0.396. The highest BCUT2D eigenvalue weighted by atomic mass is 16.6. The Kier molecular flexibility index (Phi) is 43.1. The van der Waals surface area contributed by atoms with Crippen LogP contribution in [0.15, 0.2) is 183 Å². The number of aromatic nitrogens is 8. The number of nitrogens with zero attached hydrogens (tertiary/aromatic N) is 9. The number of carbonyl (C=O) groups is 9. The van der Waals surface area contributed by atoms with Crippen molar-refractivity contribution in [2.24, 2.45) is 11.5 Å². The molecule has 13 rings (SSSR count). The van der Waals surface area contributed by atoms with Gasteiger partial charge in [0.05, 0.1) is 70.5 Å². The maximum absolute atomic E-state index is 12.6. The predicted molar refractivity (Wildman–Crippen MR) is 477 cm³/mol. The molecule has 4 aromatic carbocycles. The molecule has 694 valence electrons. The standard InChI is InChI=1S/C19H22N6O5.C14H14N6O3.2C14H18O3.C12H15NO4.C9H10O2.C5H11NO.C4H9NO2/c1-19(2,3)30-18(28)24(4)14-9-13(22-12-7-6-8-20-16(12)29-5)23-15-11(17(26)27)10-21-25(14)15;1-15-11-6-10(18-9-4-3-5-16-13(9)23-2)19-12-8(14(21)22)7-17-20(11)12;2*15-13(7-4-8-14(16)9-10-14)17-11-12-5-2-1-3-6-12;1-16-11(14)7-8-13-12(15)17-9-10-5-3-2-4-6-10;1-8(10)11-7-9-5-3-2-4-6-9;6-4-3-5(7)1-2-5;1-7-4(6)2-3-5/h6-10H,1-5H3,(H,22,23)(H,26,27);3-7,15H,1-2H3,(H,18,19)(H,21,22);2*1-3,5-6,16H,4,7-11H2;2-6H,7-9H2,1H3,(H,13,15);2-6H,7H2,1H3;7H,1-4,6H2;2-3,5H2,1H3. The predicted octanol–water partition coefficient (Wildman–Crippen LogP) is 12.0. The molecule has 3 aliphatic rings. The summed E-state index contributed by atoms with van der Waals surface area (Å²) in [4.78, 5) is 119. The number of alkyl carbamates (subject to hydrolysis) is 1. The number of hydrogen-bond donors (Lipinski definition) is 11. The molecule has 3 fully saturated rings. The number of hydrogen-bond acceptors (Lipinski definition) is 32. The minimum atomic E-state index is -1.19. The van der Waals surface area contributed by atoms with E-state index in [1.54, 1.807) is 76.6 Å². The lowest BCUT2D eigenvalue weighted by Gasteiger charge is -2.25. The third-order valence-electron chi connectivity index (χ3n) is 18.6. The number of nitrogens with two attached hydrogens (primary N) is 2. The van der Waals surface area contributed by atoms with Crippen LogP contribution in [0.1, 0.15) is 167 Å². The van der Waals surface area contributed by atoms with Gasteiger partial charge in [0.25, 0.3) is 0 Å². The zero-order valence-corrected chi connectivity index (χ0v) is 74.1. The Morgan fingerprint density at radius 3 is 1.26 bits per heavy atom. The number of rotatable bonds is 33. The highest BCUT2D eigenvalue weighted by Gasteiger charge is 2.41. The van der Waals surface area contributed by atoms with E-state index in [0.717, 1.165) is 67.2 Å². The van der Waals surface area contributed by atoms with Crippen molar-refractivity contribution < 1.29 is 111 Å². The van der Waals surface area contributed by atoms with E-state index >= 15 is 0 Å². The maximum atomic E-state index is 12.6. The van der Waals surface area contributed by atoms with Crippen molar-refractivity contribution in [3.8, 4) is 11.8 Å². The molecule has 0 atom stereocenters. The van der Waals surface area contributed by atoms with Gasteiger partial charge in [0.2, 0.25) is 11.8 Å². The molecule has 0 bridgehead atoms. The van der Waals surface area contributed by atoms with Crippen LogP contribution in [0.4, 0.5) is 44.2 Å². The van der Waals surface area contributed by atoms with Gasteiger partial charge in [-0.05, 0) is 144 Å². The normalized spacial score (nSPS) is 12.7. The Bertz CT molecular complexity index is 5090. The van der Waals surface area contributed by atoms with E-state index in [-0.39, 0.29) is 89.1 Å². The molecule has 0 spiro atoms. The van der Waals surface area contributed by atoms with Gasteiger partial charge in [-0.2, -0.15) is 19.2 Å². The first-order valence-corrected chi connectivity index (χ1v) is 41.3. The first-order valence-electron chi connectivity index (χ1n) is 41.3. The first kappa shape index (κ1) is 104. The molecule has 0 aliphatic heterocycles. The minimum absolute atomic E-state index is 0.0169. The second-order valence-electron chi connectivity index (χ2n) is 30.3. The van der Waals surface area contributed by atoms with E-state index in [4.69, 9.17) is 49.7 Å². The Balaban J connectivity index is 0.000000236. The highest BCUT2D eigenvalue weighted by Crippen LogP contribution is 2.41. The van der Waals surface area contributed by atoms with Crippen LogP contribution in [0.2, 0.25) is 0 Å². The van der Waals surface area contributed by atoms with E-state index in [1.807, 2.05) is 121 Å². The number of ether oxygens (including phenoxy) is 9. The molecule has 0 unspecified atom stereocenters. The van der Waals surface area contributed by atoms with Crippen molar-refractivity contribution in [3.05, 3.63) is 216 Å². The van der Waals surface area contributed by atoms with Crippen molar-refractivity contribution in [2.75, 3.05) is 83.0 Å². The summed E-state index contributed by atoms with van der Waals surface area (Å²) in [5.74, 6) is -1.22. The highest BCUT2D eigenvalue weighted by molar-refractivity contribution is 5.96. The number of aliphatic hydroxyl groups is 3. The van der Waals surface area contributed by atoms with Gasteiger partial charge < -0.3 is 101 Å². The Hall–Kier alpha value is -14.0. The van der Waals surface area contributed by atoms with Gasteiger partial charge in [-0.1, -0.05) is 121 Å². The summed E-state index contributed by atoms with van der Waals surface area (Å²) in [6.45, 7) is 9.11.